The number of nitrogens with zero attached hydrogens (tertiary/aromatic N) is 1. The highest BCUT2D eigenvalue weighted by molar-refractivity contribution is 5.53. The van der Waals surface area contributed by atoms with E-state index in [0.717, 1.165) is 12.8 Å². The molecule has 0 aliphatic heterocycles. The predicted octanol–water partition coefficient (Wildman–Crippen LogP) is 3.48. The Morgan fingerprint density at radius 1 is 1.11 bits per heavy atom. The lowest BCUT2D eigenvalue weighted by Crippen LogP contribution is -2.03. The first-order valence-corrected chi connectivity index (χ1v) is 6.14. The molecule has 1 aromatic rings. The van der Waals surface area contributed by atoms with Crippen LogP contribution < -0.4 is 9.47 Å². The van der Waals surface area contributed by atoms with E-state index >= 15 is 0 Å². The van der Waals surface area contributed by atoms with Crippen LogP contribution in [0, 0.1) is 17.0 Å². The van der Waals surface area contributed by atoms with E-state index in [4.69, 9.17) is 9.47 Å². The zero-order valence-corrected chi connectivity index (χ0v) is 11.1. The fourth-order valence-corrected chi connectivity index (χ4v) is 1.50. The lowest BCUT2D eigenvalue weighted by Gasteiger charge is -2.12. The van der Waals surface area contributed by atoms with Gasteiger partial charge in [0.1, 0.15) is 0 Å². The minimum atomic E-state index is -0.405. The first-order valence-electron chi connectivity index (χ1n) is 6.14. The first-order chi connectivity index (χ1) is 8.60. The average molecular weight is 253 g/mol. The van der Waals surface area contributed by atoms with E-state index in [1.54, 1.807) is 13.0 Å². The summed E-state index contributed by atoms with van der Waals surface area (Å²) in [4.78, 5) is 10.5. The van der Waals surface area contributed by atoms with Crippen LogP contribution in [0.1, 0.15) is 32.3 Å². The van der Waals surface area contributed by atoms with Crippen LogP contribution >= 0.6 is 0 Å². The van der Waals surface area contributed by atoms with Gasteiger partial charge in [0.15, 0.2) is 11.5 Å². The van der Waals surface area contributed by atoms with Gasteiger partial charge in [0.25, 0.3) is 5.69 Å². The molecule has 0 fully saturated rings. The lowest BCUT2D eigenvalue weighted by atomic mass is 10.2. The van der Waals surface area contributed by atoms with Crippen molar-refractivity contribution in [3.8, 4) is 11.5 Å². The molecule has 0 amide bonds. The van der Waals surface area contributed by atoms with Gasteiger partial charge in [-0.1, -0.05) is 13.8 Å². The van der Waals surface area contributed by atoms with E-state index in [-0.39, 0.29) is 5.69 Å². The zero-order valence-electron chi connectivity index (χ0n) is 11.1. The fourth-order valence-electron chi connectivity index (χ4n) is 1.50. The first kappa shape index (κ1) is 14.3. The molecule has 0 bridgehead atoms. The van der Waals surface area contributed by atoms with E-state index in [2.05, 4.69) is 0 Å². The summed E-state index contributed by atoms with van der Waals surface area (Å²) in [6, 6.07) is 3.11. The Hall–Kier alpha value is -1.78. The second-order valence-electron chi connectivity index (χ2n) is 4.04. The Morgan fingerprint density at radius 3 is 2.06 bits per heavy atom. The smallest absolute Gasteiger partial charge is 0.276 e. The van der Waals surface area contributed by atoms with Crippen molar-refractivity contribution < 1.29 is 14.4 Å². The number of rotatable bonds is 7. The minimum Gasteiger partial charge on any atom is -0.490 e. The van der Waals surface area contributed by atoms with E-state index in [1.165, 1.54) is 6.07 Å². The van der Waals surface area contributed by atoms with Gasteiger partial charge in [-0.2, -0.15) is 0 Å². The zero-order chi connectivity index (χ0) is 13.5. The molecule has 0 spiro atoms. The van der Waals surface area contributed by atoms with Gasteiger partial charge in [-0.15, -0.1) is 0 Å². The molecule has 0 saturated heterocycles. The molecular weight excluding hydrogens is 234 g/mol. The summed E-state index contributed by atoms with van der Waals surface area (Å²) in [7, 11) is 0. The Kier molecular flexibility index (Phi) is 5.42. The number of hydrogen-bond donors (Lipinski definition) is 0. The number of nitro benzene ring substituents is 1. The summed E-state index contributed by atoms with van der Waals surface area (Å²) in [5, 5.41) is 10.9. The summed E-state index contributed by atoms with van der Waals surface area (Å²) in [5.41, 5.74) is 0.639. The topological polar surface area (TPSA) is 61.6 Å². The maximum absolute atomic E-state index is 10.9. The monoisotopic (exact) mass is 253 g/mol. The molecule has 0 unspecified atom stereocenters. The van der Waals surface area contributed by atoms with Crippen molar-refractivity contribution >= 4 is 5.69 Å². The number of hydrogen-bond acceptors (Lipinski definition) is 4. The molecule has 0 aromatic heterocycles. The second kappa shape index (κ2) is 6.83. The molecular formula is C13H19NO4. The van der Waals surface area contributed by atoms with Crippen LogP contribution in [0.5, 0.6) is 11.5 Å². The van der Waals surface area contributed by atoms with Crippen molar-refractivity contribution in [3.05, 3.63) is 27.8 Å². The van der Waals surface area contributed by atoms with Gasteiger partial charge in [0.2, 0.25) is 0 Å². The van der Waals surface area contributed by atoms with Gasteiger partial charge >= 0.3 is 0 Å². The summed E-state index contributed by atoms with van der Waals surface area (Å²) in [5.74, 6) is 1.02. The summed E-state index contributed by atoms with van der Waals surface area (Å²) < 4.78 is 11.1. The molecule has 0 aliphatic rings. The van der Waals surface area contributed by atoms with Crippen molar-refractivity contribution in [1.82, 2.24) is 0 Å². The van der Waals surface area contributed by atoms with Crippen molar-refractivity contribution in [2.24, 2.45) is 0 Å². The van der Waals surface area contributed by atoms with Gasteiger partial charge in [0, 0.05) is 5.56 Å². The SMILES string of the molecule is CCCOc1cc(C)c([N+](=O)[O-])cc1OCCC. The number of ether oxygens (including phenoxy) is 2. The third kappa shape index (κ3) is 3.61. The van der Waals surface area contributed by atoms with Crippen LogP contribution in [-0.2, 0) is 0 Å². The molecule has 5 heteroatoms. The Balaban J connectivity index is 3.06. The van der Waals surface area contributed by atoms with E-state index in [9.17, 15) is 10.1 Å². The lowest BCUT2D eigenvalue weighted by molar-refractivity contribution is -0.385. The van der Waals surface area contributed by atoms with Gasteiger partial charge in [-0.25, -0.2) is 0 Å². The number of aryl methyl sites for hydroxylation is 1. The van der Waals surface area contributed by atoms with Gasteiger partial charge in [-0.3, -0.25) is 10.1 Å². The molecule has 18 heavy (non-hydrogen) atoms. The molecule has 5 nitrogen and oxygen atoms in total. The van der Waals surface area contributed by atoms with Crippen LogP contribution in [0.2, 0.25) is 0 Å². The molecule has 0 aliphatic carbocycles. The van der Waals surface area contributed by atoms with Crippen molar-refractivity contribution in [3.63, 3.8) is 0 Å². The largest absolute Gasteiger partial charge is 0.490 e. The highest BCUT2D eigenvalue weighted by Gasteiger charge is 2.17. The van der Waals surface area contributed by atoms with Crippen molar-refractivity contribution in [2.75, 3.05) is 13.2 Å². The molecule has 0 radical (unpaired) electrons. The van der Waals surface area contributed by atoms with E-state index in [1.807, 2.05) is 13.8 Å². The number of benzene rings is 1. The fraction of sp³-hybridized carbons (Fsp3) is 0.538. The molecule has 0 saturated carbocycles. The normalized spacial score (nSPS) is 10.2. The standard InChI is InChI=1S/C13H19NO4/c1-4-6-17-12-8-10(3)11(14(15)16)9-13(12)18-7-5-2/h8-9H,4-7H2,1-3H3. The third-order valence-electron chi connectivity index (χ3n) is 2.38. The maximum Gasteiger partial charge on any atom is 0.276 e. The van der Waals surface area contributed by atoms with Crippen LogP contribution in [0.3, 0.4) is 0 Å². The van der Waals surface area contributed by atoms with Crippen LogP contribution in [0.4, 0.5) is 5.69 Å². The Morgan fingerprint density at radius 2 is 1.61 bits per heavy atom. The quantitative estimate of drug-likeness (QED) is 0.551. The molecule has 0 heterocycles. The Labute approximate surface area is 107 Å². The number of nitro groups is 1. The summed E-state index contributed by atoms with van der Waals surface area (Å²) >= 11 is 0. The van der Waals surface area contributed by atoms with Crippen LogP contribution in [0.15, 0.2) is 12.1 Å². The molecule has 1 aromatic carbocycles. The van der Waals surface area contributed by atoms with Gasteiger partial charge in [0.05, 0.1) is 24.2 Å². The minimum absolute atomic E-state index is 0.0601. The van der Waals surface area contributed by atoms with Crippen molar-refractivity contribution in [2.45, 2.75) is 33.6 Å². The maximum atomic E-state index is 10.9. The summed E-state index contributed by atoms with van der Waals surface area (Å²) in [6.45, 7) is 6.77. The van der Waals surface area contributed by atoms with Crippen LogP contribution in [-0.4, -0.2) is 18.1 Å². The highest BCUT2D eigenvalue weighted by Crippen LogP contribution is 2.34. The molecule has 100 valence electrons. The van der Waals surface area contributed by atoms with Gasteiger partial charge < -0.3 is 9.47 Å². The van der Waals surface area contributed by atoms with E-state index < -0.39 is 4.92 Å². The molecule has 0 atom stereocenters. The van der Waals surface area contributed by atoms with Crippen LogP contribution in [0.25, 0.3) is 0 Å². The third-order valence-corrected chi connectivity index (χ3v) is 2.38. The van der Waals surface area contributed by atoms with Crippen molar-refractivity contribution in [1.29, 1.82) is 0 Å². The second-order valence-corrected chi connectivity index (χ2v) is 4.04. The Bertz CT molecular complexity index is 418. The highest BCUT2D eigenvalue weighted by atomic mass is 16.6. The molecule has 1 rings (SSSR count). The average Bonchev–Trinajstić information content (AvgIpc) is 2.34. The van der Waals surface area contributed by atoms with Gasteiger partial charge in [-0.05, 0) is 25.8 Å². The summed E-state index contributed by atoms with van der Waals surface area (Å²) in [6.07, 6.45) is 1.72. The molecule has 0 N–H and O–H groups in total. The van der Waals surface area contributed by atoms with E-state index in [0.29, 0.717) is 30.3 Å². The predicted molar refractivity (Wildman–Crippen MR) is 69.4 cm³/mol.